The topological polar surface area (TPSA) is 86.8 Å². The highest BCUT2D eigenvalue weighted by molar-refractivity contribution is 7.92. The molecule has 0 saturated heterocycles. The van der Waals surface area contributed by atoms with Crippen molar-refractivity contribution >= 4 is 27.5 Å². The highest BCUT2D eigenvalue weighted by Crippen LogP contribution is 2.22. The maximum absolute atomic E-state index is 14.3. The molecule has 0 bridgehead atoms. The molecule has 36 heavy (non-hydrogen) atoms. The monoisotopic (exact) mass is 519 g/mol. The molecular formula is C27H38FN3O4S. The fraction of sp³-hybridized carbons (Fsp3) is 0.481. The molecule has 0 unspecified atom stereocenters. The molecule has 0 radical (unpaired) electrons. The third kappa shape index (κ3) is 8.62. The number of para-hydroxylation sites is 1. The minimum Gasteiger partial charge on any atom is -0.352 e. The Labute approximate surface area is 214 Å². The Kier molecular flexibility index (Phi) is 11.4. The number of carbonyl (C=O) groups is 2. The summed E-state index contributed by atoms with van der Waals surface area (Å²) in [7, 11) is -3.75. The molecule has 9 heteroatoms. The van der Waals surface area contributed by atoms with E-state index in [4.69, 9.17) is 0 Å². The van der Waals surface area contributed by atoms with Gasteiger partial charge in [0.25, 0.3) is 0 Å². The molecule has 0 fully saturated rings. The van der Waals surface area contributed by atoms with Gasteiger partial charge in [-0.3, -0.25) is 13.9 Å². The molecule has 2 rings (SSSR count). The fourth-order valence-electron chi connectivity index (χ4n) is 3.97. The van der Waals surface area contributed by atoms with E-state index in [0.29, 0.717) is 19.4 Å². The van der Waals surface area contributed by atoms with Crippen molar-refractivity contribution in [3.8, 4) is 0 Å². The van der Waals surface area contributed by atoms with Crippen LogP contribution in [-0.4, -0.2) is 56.6 Å². The number of sulfonamides is 1. The van der Waals surface area contributed by atoms with Crippen molar-refractivity contribution in [1.29, 1.82) is 0 Å². The summed E-state index contributed by atoms with van der Waals surface area (Å²) in [6.45, 7) is 6.08. The zero-order chi connectivity index (χ0) is 26.7. The summed E-state index contributed by atoms with van der Waals surface area (Å²) in [6.07, 6.45) is 3.04. The lowest BCUT2D eigenvalue weighted by molar-refractivity contribution is -0.141. The second-order valence-corrected chi connectivity index (χ2v) is 10.9. The van der Waals surface area contributed by atoms with E-state index in [0.717, 1.165) is 22.5 Å². The van der Waals surface area contributed by atoms with Crippen LogP contribution in [-0.2, 0) is 26.0 Å². The predicted molar refractivity (Wildman–Crippen MR) is 142 cm³/mol. The van der Waals surface area contributed by atoms with Crippen molar-refractivity contribution in [1.82, 2.24) is 10.2 Å². The molecule has 0 aliphatic heterocycles. The van der Waals surface area contributed by atoms with Crippen LogP contribution in [0.4, 0.5) is 10.1 Å². The number of hydrogen-bond donors (Lipinski definition) is 1. The number of nitrogens with zero attached hydrogens (tertiary/aromatic N) is 2. The lowest BCUT2D eigenvalue weighted by Crippen LogP contribution is -2.51. The fourth-order valence-corrected chi connectivity index (χ4v) is 4.94. The van der Waals surface area contributed by atoms with Crippen molar-refractivity contribution in [3.05, 3.63) is 66.0 Å². The summed E-state index contributed by atoms with van der Waals surface area (Å²) in [5.41, 5.74) is 1.00. The van der Waals surface area contributed by atoms with Gasteiger partial charge in [-0.15, -0.1) is 0 Å². The maximum atomic E-state index is 14.3. The SMILES string of the molecule is CC[C@H](C)NC(=O)[C@H](CC)N(CCc1ccccc1)C(=O)CCCN(c1ccccc1F)S(C)(=O)=O. The summed E-state index contributed by atoms with van der Waals surface area (Å²) in [6, 6.07) is 14.7. The highest BCUT2D eigenvalue weighted by atomic mass is 32.2. The molecule has 0 aliphatic carbocycles. The highest BCUT2D eigenvalue weighted by Gasteiger charge is 2.29. The van der Waals surface area contributed by atoms with Crippen molar-refractivity contribution in [3.63, 3.8) is 0 Å². The van der Waals surface area contributed by atoms with Gasteiger partial charge in [-0.2, -0.15) is 0 Å². The number of nitrogens with one attached hydrogen (secondary N) is 1. The Morgan fingerprint density at radius 2 is 1.61 bits per heavy atom. The lowest BCUT2D eigenvalue weighted by atomic mass is 10.1. The van der Waals surface area contributed by atoms with Gasteiger partial charge >= 0.3 is 0 Å². The van der Waals surface area contributed by atoms with Gasteiger partial charge in [0.15, 0.2) is 0 Å². The first-order valence-electron chi connectivity index (χ1n) is 12.4. The number of rotatable bonds is 14. The summed E-state index contributed by atoms with van der Waals surface area (Å²) in [4.78, 5) is 28.0. The van der Waals surface area contributed by atoms with Gasteiger partial charge in [0, 0.05) is 25.6 Å². The van der Waals surface area contributed by atoms with Crippen LogP contribution in [0, 0.1) is 5.82 Å². The van der Waals surface area contributed by atoms with Gasteiger partial charge in [-0.05, 0) is 50.3 Å². The average Bonchev–Trinajstić information content (AvgIpc) is 2.84. The molecule has 0 aliphatic rings. The number of anilines is 1. The smallest absolute Gasteiger partial charge is 0.243 e. The van der Waals surface area contributed by atoms with Crippen LogP contribution in [0.1, 0.15) is 52.0 Å². The number of benzene rings is 2. The van der Waals surface area contributed by atoms with Crippen molar-refractivity contribution in [2.45, 2.75) is 65.0 Å². The average molecular weight is 520 g/mol. The molecular weight excluding hydrogens is 481 g/mol. The Morgan fingerprint density at radius 3 is 2.19 bits per heavy atom. The number of hydrogen-bond acceptors (Lipinski definition) is 4. The zero-order valence-electron chi connectivity index (χ0n) is 21.6. The normalized spacial score (nSPS) is 13.0. The molecule has 198 valence electrons. The molecule has 2 aromatic rings. The third-order valence-electron chi connectivity index (χ3n) is 6.14. The second kappa shape index (κ2) is 14.0. The van der Waals surface area contributed by atoms with Crippen LogP contribution >= 0.6 is 0 Å². The van der Waals surface area contributed by atoms with Gasteiger partial charge in [-0.25, -0.2) is 12.8 Å². The minimum atomic E-state index is -3.75. The first-order chi connectivity index (χ1) is 17.1. The van der Waals surface area contributed by atoms with Crippen LogP contribution in [0.15, 0.2) is 54.6 Å². The van der Waals surface area contributed by atoms with Crippen molar-refractivity contribution in [2.75, 3.05) is 23.7 Å². The first-order valence-corrected chi connectivity index (χ1v) is 14.3. The summed E-state index contributed by atoms with van der Waals surface area (Å²) >= 11 is 0. The molecule has 1 N–H and O–H groups in total. The summed E-state index contributed by atoms with van der Waals surface area (Å²) in [5.74, 6) is -1.08. The zero-order valence-corrected chi connectivity index (χ0v) is 22.4. The van der Waals surface area contributed by atoms with E-state index in [-0.39, 0.29) is 42.9 Å². The van der Waals surface area contributed by atoms with Gasteiger partial charge in [0.2, 0.25) is 21.8 Å². The van der Waals surface area contributed by atoms with E-state index in [2.05, 4.69) is 5.32 Å². The minimum absolute atomic E-state index is 0.0123. The number of halogens is 1. The third-order valence-corrected chi connectivity index (χ3v) is 7.32. The van der Waals surface area contributed by atoms with Crippen molar-refractivity contribution < 1.29 is 22.4 Å². The van der Waals surface area contributed by atoms with Crippen LogP contribution < -0.4 is 9.62 Å². The maximum Gasteiger partial charge on any atom is 0.243 e. The largest absolute Gasteiger partial charge is 0.352 e. The second-order valence-electron chi connectivity index (χ2n) is 8.95. The van der Waals surface area contributed by atoms with E-state index < -0.39 is 21.9 Å². The van der Waals surface area contributed by atoms with E-state index in [1.807, 2.05) is 51.1 Å². The lowest BCUT2D eigenvalue weighted by Gasteiger charge is -2.32. The van der Waals surface area contributed by atoms with Crippen LogP contribution in [0.3, 0.4) is 0 Å². The summed E-state index contributed by atoms with van der Waals surface area (Å²) < 4.78 is 40.0. The Balaban J connectivity index is 2.17. The van der Waals surface area contributed by atoms with Gasteiger partial charge in [0.1, 0.15) is 11.9 Å². The van der Waals surface area contributed by atoms with Crippen LogP contribution in [0.2, 0.25) is 0 Å². The number of carbonyl (C=O) groups excluding carboxylic acids is 2. The molecule has 0 saturated carbocycles. The Bertz CT molecular complexity index is 1100. The Hall–Kier alpha value is -2.94. The molecule has 2 aromatic carbocycles. The van der Waals surface area contributed by atoms with Gasteiger partial charge < -0.3 is 10.2 Å². The van der Waals surface area contributed by atoms with Crippen LogP contribution in [0.5, 0.6) is 0 Å². The van der Waals surface area contributed by atoms with Crippen molar-refractivity contribution in [2.24, 2.45) is 0 Å². The molecule has 2 amide bonds. The van der Waals surface area contributed by atoms with Gasteiger partial charge in [0.05, 0.1) is 11.9 Å². The summed E-state index contributed by atoms with van der Waals surface area (Å²) in [5, 5.41) is 2.97. The molecule has 2 atom stereocenters. The van der Waals surface area contributed by atoms with Gasteiger partial charge in [-0.1, -0.05) is 56.3 Å². The Morgan fingerprint density at radius 1 is 0.972 bits per heavy atom. The van der Waals surface area contributed by atoms with E-state index in [9.17, 15) is 22.4 Å². The standard InChI is InChI=1S/C27H38FN3O4S/c1-5-21(3)29-27(33)24(6-2)30(20-18-22-13-8-7-9-14-22)26(32)17-12-19-31(36(4,34)35)25-16-11-10-15-23(25)28/h7-11,13-16,21,24H,5-6,12,17-20H2,1-4H3,(H,29,33)/t21-,24-/m0/s1. The first kappa shape index (κ1) is 29.3. The predicted octanol–water partition coefficient (Wildman–Crippen LogP) is 4.14. The quantitative estimate of drug-likeness (QED) is 0.407. The molecule has 0 aromatic heterocycles. The molecule has 7 nitrogen and oxygen atoms in total. The van der Waals surface area contributed by atoms with E-state index in [1.165, 1.54) is 18.2 Å². The van der Waals surface area contributed by atoms with Crippen LogP contribution in [0.25, 0.3) is 0 Å². The number of amides is 2. The molecule has 0 spiro atoms. The molecule has 0 heterocycles. The van der Waals surface area contributed by atoms with E-state index in [1.54, 1.807) is 11.0 Å². The van der Waals surface area contributed by atoms with E-state index >= 15 is 0 Å².